The van der Waals surface area contributed by atoms with Gasteiger partial charge in [-0.25, -0.2) is 9.18 Å². The summed E-state index contributed by atoms with van der Waals surface area (Å²) in [4.78, 5) is 29.5. The van der Waals surface area contributed by atoms with Gasteiger partial charge >= 0.3 is 11.7 Å². The number of ether oxygens (including phenoxy) is 1. The first-order chi connectivity index (χ1) is 13.8. The van der Waals surface area contributed by atoms with Gasteiger partial charge in [0.25, 0.3) is 5.56 Å². The molecule has 0 fully saturated rings. The molecule has 0 spiro atoms. The normalized spacial score (nSPS) is 11.2. The van der Waals surface area contributed by atoms with Gasteiger partial charge in [-0.3, -0.25) is 18.5 Å². The van der Waals surface area contributed by atoms with E-state index in [2.05, 4.69) is 4.98 Å². The lowest BCUT2D eigenvalue weighted by atomic mass is 10.2. The highest BCUT2D eigenvalue weighted by Crippen LogP contribution is 2.26. The van der Waals surface area contributed by atoms with Crippen LogP contribution in [0.25, 0.3) is 11.2 Å². The molecule has 2 aromatic carbocycles. The molecule has 0 radical (unpaired) electrons. The third kappa shape index (κ3) is 3.42. The predicted octanol–water partition coefficient (Wildman–Crippen LogP) is 3.07. The molecule has 0 N–H and O–H groups in total. The van der Waals surface area contributed by atoms with Gasteiger partial charge in [0.05, 0.1) is 6.54 Å². The summed E-state index contributed by atoms with van der Waals surface area (Å²) in [5.74, 6) is 0.104. The zero-order valence-corrected chi connectivity index (χ0v) is 16.4. The van der Waals surface area contributed by atoms with Crippen molar-refractivity contribution in [3.05, 3.63) is 85.8 Å². The van der Waals surface area contributed by atoms with E-state index in [9.17, 15) is 14.0 Å². The van der Waals surface area contributed by atoms with Crippen molar-refractivity contribution in [3.63, 3.8) is 0 Å². The molecule has 0 aliphatic rings. The fourth-order valence-electron chi connectivity index (χ4n) is 3.03. The van der Waals surface area contributed by atoms with Crippen LogP contribution in [0.1, 0.15) is 5.56 Å². The van der Waals surface area contributed by atoms with Crippen LogP contribution in [0.2, 0.25) is 5.02 Å². The van der Waals surface area contributed by atoms with Crippen molar-refractivity contribution >= 4 is 22.8 Å². The SMILES string of the molecule is Cn1c(=O)c2c(nc(Oc3ccc(Cl)cc3)n2Cc2ccc(F)cc2)n(C)c1=O. The first-order valence-electron chi connectivity index (χ1n) is 8.69. The second-order valence-corrected chi connectivity index (χ2v) is 6.98. The molecule has 2 aromatic heterocycles. The molecule has 0 saturated heterocycles. The molecule has 0 aliphatic heterocycles. The Balaban J connectivity index is 1.93. The van der Waals surface area contributed by atoms with Gasteiger partial charge in [0.1, 0.15) is 11.6 Å². The Morgan fingerprint density at radius 1 is 1.00 bits per heavy atom. The summed E-state index contributed by atoms with van der Waals surface area (Å²) in [5, 5.41) is 0.549. The number of benzene rings is 2. The van der Waals surface area contributed by atoms with Crippen molar-refractivity contribution in [2.45, 2.75) is 6.54 Å². The van der Waals surface area contributed by atoms with Crippen molar-refractivity contribution < 1.29 is 9.13 Å². The number of imidazole rings is 1. The van der Waals surface area contributed by atoms with Crippen molar-refractivity contribution in [2.24, 2.45) is 14.1 Å². The summed E-state index contributed by atoms with van der Waals surface area (Å²) < 4.78 is 23.0. The van der Waals surface area contributed by atoms with Gasteiger partial charge < -0.3 is 4.74 Å². The highest BCUT2D eigenvalue weighted by atomic mass is 35.5. The molecule has 0 unspecified atom stereocenters. The number of fused-ring (bicyclic) bond motifs is 1. The quantitative estimate of drug-likeness (QED) is 0.514. The van der Waals surface area contributed by atoms with Crippen molar-refractivity contribution in [1.82, 2.24) is 18.7 Å². The zero-order valence-electron chi connectivity index (χ0n) is 15.6. The molecule has 0 bridgehead atoms. The molecule has 4 aromatic rings. The van der Waals surface area contributed by atoms with E-state index in [0.717, 1.165) is 10.1 Å². The Morgan fingerprint density at radius 2 is 1.66 bits per heavy atom. The second kappa shape index (κ2) is 7.21. The summed E-state index contributed by atoms with van der Waals surface area (Å²) >= 11 is 5.92. The van der Waals surface area contributed by atoms with Crippen LogP contribution in [0.4, 0.5) is 4.39 Å². The third-order valence-electron chi connectivity index (χ3n) is 4.59. The number of hydrogen-bond donors (Lipinski definition) is 0. The molecule has 2 heterocycles. The van der Waals surface area contributed by atoms with E-state index in [1.165, 1.54) is 30.8 Å². The lowest BCUT2D eigenvalue weighted by Crippen LogP contribution is -2.37. The Morgan fingerprint density at radius 3 is 2.31 bits per heavy atom. The summed E-state index contributed by atoms with van der Waals surface area (Å²) in [5.41, 5.74) is 0.158. The van der Waals surface area contributed by atoms with Gasteiger partial charge in [-0.15, -0.1) is 0 Å². The summed E-state index contributed by atoms with van der Waals surface area (Å²) in [7, 11) is 2.93. The molecule has 0 atom stereocenters. The standard InChI is InChI=1S/C20H16ClFN4O3/c1-24-17-16(18(27)25(2)20(24)28)26(11-12-3-7-14(22)8-4-12)19(23-17)29-15-9-5-13(21)6-10-15/h3-10H,11H2,1-2H3. The number of hydrogen-bond acceptors (Lipinski definition) is 4. The minimum atomic E-state index is -0.497. The van der Waals surface area contributed by atoms with Gasteiger partial charge in [-0.2, -0.15) is 4.98 Å². The van der Waals surface area contributed by atoms with Gasteiger partial charge in [0.2, 0.25) is 0 Å². The fourth-order valence-corrected chi connectivity index (χ4v) is 3.16. The molecular weight excluding hydrogens is 399 g/mol. The van der Waals surface area contributed by atoms with E-state index in [0.29, 0.717) is 10.8 Å². The topological polar surface area (TPSA) is 71.1 Å². The average molecular weight is 415 g/mol. The van der Waals surface area contributed by atoms with E-state index >= 15 is 0 Å². The Kier molecular flexibility index (Phi) is 4.71. The van der Waals surface area contributed by atoms with Crippen LogP contribution in [-0.4, -0.2) is 18.7 Å². The van der Waals surface area contributed by atoms with Crippen LogP contribution in [-0.2, 0) is 20.6 Å². The maximum atomic E-state index is 13.3. The van der Waals surface area contributed by atoms with Crippen molar-refractivity contribution in [1.29, 1.82) is 0 Å². The highest BCUT2D eigenvalue weighted by Gasteiger charge is 2.21. The number of aromatic nitrogens is 4. The van der Waals surface area contributed by atoms with Gasteiger partial charge in [0, 0.05) is 19.1 Å². The van der Waals surface area contributed by atoms with Crippen LogP contribution in [0, 0.1) is 5.82 Å². The third-order valence-corrected chi connectivity index (χ3v) is 4.84. The summed E-state index contributed by atoms with van der Waals surface area (Å²) in [6.07, 6.45) is 0. The first-order valence-corrected chi connectivity index (χ1v) is 9.07. The molecule has 0 amide bonds. The average Bonchev–Trinajstić information content (AvgIpc) is 3.06. The largest absolute Gasteiger partial charge is 0.425 e. The van der Waals surface area contributed by atoms with E-state index < -0.39 is 11.2 Å². The molecule has 148 valence electrons. The molecule has 9 heteroatoms. The van der Waals surface area contributed by atoms with Crippen molar-refractivity contribution in [3.8, 4) is 11.8 Å². The lowest BCUT2D eigenvalue weighted by Gasteiger charge is -2.10. The monoisotopic (exact) mass is 414 g/mol. The minimum Gasteiger partial charge on any atom is -0.425 e. The zero-order chi connectivity index (χ0) is 20.7. The van der Waals surface area contributed by atoms with Crippen LogP contribution in [0.5, 0.6) is 11.8 Å². The lowest BCUT2D eigenvalue weighted by molar-refractivity contribution is 0.421. The fraction of sp³-hybridized carbons (Fsp3) is 0.150. The van der Waals surface area contributed by atoms with Gasteiger partial charge in [-0.1, -0.05) is 23.7 Å². The number of aryl methyl sites for hydroxylation is 1. The van der Waals surface area contributed by atoms with Crippen molar-refractivity contribution in [2.75, 3.05) is 0 Å². The molecular formula is C20H16ClFN4O3. The van der Waals surface area contributed by atoms with Crippen LogP contribution >= 0.6 is 11.6 Å². The maximum absolute atomic E-state index is 13.3. The molecule has 0 saturated carbocycles. The van der Waals surface area contributed by atoms with E-state index in [1.54, 1.807) is 41.0 Å². The molecule has 0 aliphatic carbocycles. The molecule has 4 rings (SSSR count). The van der Waals surface area contributed by atoms with E-state index in [4.69, 9.17) is 16.3 Å². The van der Waals surface area contributed by atoms with Crippen LogP contribution < -0.4 is 16.0 Å². The second-order valence-electron chi connectivity index (χ2n) is 6.54. The summed E-state index contributed by atoms with van der Waals surface area (Å²) in [6.45, 7) is 0.202. The predicted molar refractivity (Wildman–Crippen MR) is 107 cm³/mol. The molecule has 7 nitrogen and oxygen atoms in total. The Bertz CT molecular complexity index is 1320. The highest BCUT2D eigenvalue weighted by molar-refractivity contribution is 6.30. The number of halogens is 2. The molecule has 29 heavy (non-hydrogen) atoms. The Labute approximate surface area is 169 Å². The maximum Gasteiger partial charge on any atom is 0.332 e. The van der Waals surface area contributed by atoms with Gasteiger partial charge in [-0.05, 0) is 42.0 Å². The van der Waals surface area contributed by atoms with E-state index in [-0.39, 0.29) is 29.5 Å². The number of nitrogens with zero attached hydrogens (tertiary/aromatic N) is 4. The smallest absolute Gasteiger partial charge is 0.332 e. The minimum absolute atomic E-state index is 0.130. The van der Waals surface area contributed by atoms with Gasteiger partial charge in [0.15, 0.2) is 11.2 Å². The summed E-state index contributed by atoms with van der Waals surface area (Å²) in [6, 6.07) is 12.7. The van der Waals surface area contributed by atoms with Crippen LogP contribution in [0.3, 0.4) is 0 Å². The number of rotatable bonds is 4. The van der Waals surface area contributed by atoms with E-state index in [1.807, 2.05) is 0 Å². The Hall–Kier alpha value is -3.39. The van der Waals surface area contributed by atoms with Crippen LogP contribution in [0.15, 0.2) is 58.1 Å². The first kappa shape index (κ1) is 18.9.